The fourth-order valence-corrected chi connectivity index (χ4v) is 0.943. The summed E-state index contributed by atoms with van der Waals surface area (Å²) in [5.74, 6) is 5.42. The van der Waals surface area contributed by atoms with Gasteiger partial charge < -0.3 is 11.6 Å². The summed E-state index contributed by atoms with van der Waals surface area (Å²) < 4.78 is 1.14. The van der Waals surface area contributed by atoms with Gasteiger partial charge in [0.05, 0.1) is 0 Å². The smallest absolute Gasteiger partial charge is 0.280 e. The molecule has 0 saturated heterocycles. The number of hydrogen-bond donors (Lipinski definition) is 3. The zero-order valence-electron chi connectivity index (χ0n) is 5.98. The maximum Gasteiger partial charge on any atom is 0.280 e. The van der Waals surface area contributed by atoms with Gasteiger partial charge >= 0.3 is 0 Å². The van der Waals surface area contributed by atoms with E-state index in [1.807, 2.05) is 0 Å². The Morgan fingerprint density at radius 1 is 1.58 bits per heavy atom. The van der Waals surface area contributed by atoms with Crippen molar-refractivity contribution in [3.8, 4) is 0 Å². The molecule has 2 heterocycles. The lowest BCUT2D eigenvalue weighted by molar-refractivity contribution is 1.01. The molecule has 0 bridgehead atoms. The quantitative estimate of drug-likeness (QED) is 0.408. The Kier molecular flexibility index (Phi) is 1.09. The summed E-state index contributed by atoms with van der Waals surface area (Å²) in [7, 11) is 0. The van der Waals surface area contributed by atoms with Crippen LogP contribution >= 0.6 is 0 Å². The number of aromatic amines is 1. The van der Waals surface area contributed by atoms with Crippen molar-refractivity contribution < 1.29 is 0 Å². The molecule has 0 saturated carbocycles. The van der Waals surface area contributed by atoms with E-state index in [0.29, 0.717) is 0 Å². The molecule has 0 aromatic carbocycles. The van der Waals surface area contributed by atoms with Crippen LogP contribution in [0.25, 0.3) is 11.2 Å². The molecule has 0 atom stereocenters. The molecule has 62 valence electrons. The van der Waals surface area contributed by atoms with Gasteiger partial charge in [-0.25, -0.2) is 9.66 Å². The van der Waals surface area contributed by atoms with Crippen LogP contribution in [-0.2, 0) is 0 Å². The van der Waals surface area contributed by atoms with Crippen molar-refractivity contribution in [2.45, 2.75) is 0 Å². The van der Waals surface area contributed by atoms with Gasteiger partial charge in [-0.2, -0.15) is 4.98 Å². The average molecular weight is 166 g/mol. The fraction of sp³-hybridized carbons (Fsp3) is 0. The van der Waals surface area contributed by atoms with E-state index in [9.17, 15) is 4.79 Å². The Bertz CT molecular complexity index is 482. The minimum Gasteiger partial charge on any atom is -0.369 e. The fourth-order valence-electron chi connectivity index (χ4n) is 0.943. The highest BCUT2D eigenvalue weighted by atomic mass is 16.1. The van der Waals surface area contributed by atoms with Crippen LogP contribution < -0.4 is 17.1 Å². The van der Waals surface area contributed by atoms with Gasteiger partial charge in [-0.1, -0.05) is 0 Å². The van der Waals surface area contributed by atoms with Crippen molar-refractivity contribution in [1.29, 1.82) is 0 Å². The average Bonchev–Trinajstić information content (AvgIpc) is 2.33. The van der Waals surface area contributed by atoms with Gasteiger partial charge in [-0.3, -0.25) is 9.78 Å². The highest BCUT2D eigenvalue weighted by Crippen LogP contribution is 2.01. The summed E-state index contributed by atoms with van der Waals surface area (Å²) in [6, 6.07) is 0. The molecule has 5 N–H and O–H groups in total. The van der Waals surface area contributed by atoms with E-state index in [-0.39, 0.29) is 22.7 Å². The van der Waals surface area contributed by atoms with E-state index in [1.54, 1.807) is 0 Å². The summed E-state index contributed by atoms with van der Waals surface area (Å²) in [4.78, 5) is 20.9. The lowest BCUT2D eigenvalue weighted by Crippen LogP contribution is -2.14. The first-order chi connectivity index (χ1) is 5.68. The number of hydrogen-bond acceptors (Lipinski definition) is 5. The number of nitrogens with one attached hydrogen (secondary N) is 1. The van der Waals surface area contributed by atoms with Gasteiger partial charge in [0.1, 0.15) is 6.33 Å². The molecule has 0 radical (unpaired) electrons. The number of nitrogen functional groups attached to an aromatic ring is 2. The Labute approximate surface area is 66.0 Å². The van der Waals surface area contributed by atoms with Gasteiger partial charge in [-0.15, -0.1) is 0 Å². The van der Waals surface area contributed by atoms with Crippen LogP contribution in [0.5, 0.6) is 0 Å². The Morgan fingerprint density at radius 2 is 2.33 bits per heavy atom. The van der Waals surface area contributed by atoms with Gasteiger partial charge in [-0.05, 0) is 0 Å². The lowest BCUT2D eigenvalue weighted by atomic mass is 10.5. The van der Waals surface area contributed by atoms with Crippen LogP contribution in [0.1, 0.15) is 0 Å². The van der Waals surface area contributed by atoms with Crippen LogP contribution in [-0.4, -0.2) is 19.6 Å². The largest absolute Gasteiger partial charge is 0.369 e. The maximum absolute atomic E-state index is 11.1. The Hall–Kier alpha value is -2.05. The van der Waals surface area contributed by atoms with Crippen LogP contribution in [0.3, 0.4) is 0 Å². The molecule has 0 unspecified atom stereocenters. The third kappa shape index (κ3) is 0.729. The van der Waals surface area contributed by atoms with Crippen molar-refractivity contribution >= 4 is 17.1 Å². The molecule has 7 heteroatoms. The van der Waals surface area contributed by atoms with Crippen LogP contribution in [0.2, 0.25) is 0 Å². The molecule has 7 nitrogen and oxygen atoms in total. The molecule has 0 amide bonds. The highest BCUT2D eigenvalue weighted by molar-refractivity contribution is 5.70. The zero-order valence-corrected chi connectivity index (χ0v) is 5.98. The standard InChI is InChI=1S/C5H6N6O/c6-5-9-3-2(4(12)10-5)8-1-11(3)7/h1H,7H2,(H3,6,9,10,12). The number of H-pyrrole nitrogens is 1. The van der Waals surface area contributed by atoms with E-state index in [1.165, 1.54) is 6.33 Å². The van der Waals surface area contributed by atoms with Crippen molar-refractivity contribution in [1.82, 2.24) is 19.6 Å². The van der Waals surface area contributed by atoms with Crippen molar-refractivity contribution in [2.75, 3.05) is 11.6 Å². The molecule has 2 rings (SSSR count). The Balaban J connectivity index is 3.03. The normalized spacial score (nSPS) is 10.7. The number of anilines is 1. The molecule has 0 aliphatic heterocycles. The second-order valence-corrected chi connectivity index (χ2v) is 2.28. The van der Waals surface area contributed by atoms with Gasteiger partial charge in [0.2, 0.25) is 5.95 Å². The van der Waals surface area contributed by atoms with E-state index >= 15 is 0 Å². The third-order valence-corrected chi connectivity index (χ3v) is 1.45. The monoisotopic (exact) mass is 166 g/mol. The van der Waals surface area contributed by atoms with Gasteiger partial charge in [0.25, 0.3) is 5.56 Å². The minimum atomic E-state index is -0.387. The van der Waals surface area contributed by atoms with Crippen LogP contribution in [0.4, 0.5) is 5.95 Å². The predicted molar refractivity (Wildman–Crippen MR) is 42.7 cm³/mol. The van der Waals surface area contributed by atoms with Gasteiger partial charge in [0, 0.05) is 0 Å². The maximum atomic E-state index is 11.1. The van der Waals surface area contributed by atoms with Crippen LogP contribution in [0.15, 0.2) is 11.1 Å². The predicted octanol–water partition coefficient (Wildman–Crippen LogP) is -1.58. The SMILES string of the molecule is Nc1nc2c(ncn2N)c(=O)[nH]1. The van der Waals surface area contributed by atoms with E-state index < -0.39 is 0 Å². The number of nitrogens with two attached hydrogens (primary N) is 2. The van der Waals surface area contributed by atoms with Crippen molar-refractivity contribution in [3.05, 3.63) is 16.7 Å². The number of nitrogens with zero attached hydrogens (tertiary/aromatic N) is 3. The number of fused-ring (bicyclic) bond motifs is 1. The highest BCUT2D eigenvalue weighted by Gasteiger charge is 2.05. The molecule has 0 fully saturated rings. The Morgan fingerprint density at radius 3 is 3.08 bits per heavy atom. The molecular formula is C5H6N6O. The number of imidazole rings is 1. The molecule has 2 aromatic heterocycles. The van der Waals surface area contributed by atoms with Gasteiger partial charge in [0.15, 0.2) is 11.2 Å². The lowest BCUT2D eigenvalue weighted by Gasteiger charge is -1.93. The van der Waals surface area contributed by atoms with Crippen molar-refractivity contribution in [2.24, 2.45) is 0 Å². The molecule has 12 heavy (non-hydrogen) atoms. The first-order valence-corrected chi connectivity index (χ1v) is 3.16. The second-order valence-electron chi connectivity index (χ2n) is 2.28. The number of aromatic nitrogens is 4. The summed E-state index contributed by atoms with van der Waals surface area (Å²) >= 11 is 0. The first-order valence-electron chi connectivity index (χ1n) is 3.16. The summed E-state index contributed by atoms with van der Waals surface area (Å²) in [5, 5.41) is 0. The first kappa shape index (κ1) is 6.65. The van der Waals surface area contributed by atoms with E-state index in [0.717, 1.165) is 4.68 Å². The zero-order chi connectivity index (χ0) is 8.72. The molecule has 0 aliphatic carbocycles. The molecule has 0 aliphatic rings. The summed E-state index contributed by atoms with van der Waals surface area (Å²) in [6.07, 6.45) is 1.30. The summed E-state index contributed by atoms with van der Waals surface area (Å²) in [5.41, 5.74) is 5.36. The molecule has 2 aromatic rings. The van der Waals surface area contributed by atoms with E-state index in [2.05, 4.69) is 15.0 Å². The molecular weight excluding hydrogens is 160 g/mol. The van der Waals surface area contributed by atoms with Crippen LogP contribution in [0, 0.1) is 0 Å². The number of rotatable bonds is 0. The third-order valence-electron chi connectivity index (χ3n) is 1.45. The van der Waals surface area contributed by atoms with Crippen molar-refractivity contribution in [3.63, 3.8) is 0 Å². The van der Waals surface area contributed by atoms with E-state index in [4.69, 9.17) is 11.6 Å². The minimum absolute atomic E-state index is 0.0275. The molecule has 0 spiro atoms. The topological polar surface area (TPSA) is 116 Å². The summed E-state index contributed by atoms with van der Waals surface area (Å²) in [6.45, 7) is 0. The second kappa shape index (κ2) is 1.97.